The third kappa shape index (κ3) is 4.32. The van der Waals surface area contributed by atoms with Crippen molar-refractivity contribution >= 4 is 23.2 Å². The standard InChI is InChI=1S/C12H16ClFN2O/c1-2-8(7-15)5-12(17)16-9-3-4-10(13)11(14)6-9/h3-4,6,8H,2,5,7,15H2,1H3,(H,16,17). The second-order valence-corrected chi connectivity index (χ2v) is 4.30. The molecule has 0 heterocycles. The topological polar surface area (TPSA) is 55.1 Å². The molecule has 0 aromatic heterocycles. The number of hydrogen-bond acceptors (Lipinski definition) is 2. The molecule has 0 aliphatic rings. The van der Waals surface area contributed by atoms with E-state index >= 15 is 0 Å². The van der Waals surface area contributed by atoms with Gasteiger partial charge in [0.2, 0.25) is 5.91 Å². The Labute approximate surface area is 105 Å². The van der Waals surface area contributed by atoms with Gasteiger partial charge >= 0.3 is 0 Å². The van der Waals surface area contributed by atoms with Crippen molar-refractivity contribution in [3.8, 4) is 0 Å². The molecule has 0 fully saturated rings. The van der Waals surface area contributed by atoms with Crippen molar-refractivity contribution in [2.75, 3.05) is 11.9 Å². The van der Waals surface area contributed by atoms with Crippen LogP contribution in [-0.2, 0) is 4.79 Å². The fraction of sp³-hybridized carbons (Fsp3) is 0.417. The first kappa shape index (κ1) is 13.9. The Kier molecular flexibility index (Phi) is 5.38. The SMILES string of the molecule is CCC(CN)CC(=O)Nc1ccc(Cl)c(F)c1. The summed E-state index contributed by atoms with van der Waals surface area (Å²) in [7, 11) is 0. The van der Waals surface area contributed by atoms with Crippen LogP contribution in [0.2, 0.25) is 5.02 Å². The molecule has 1 aromatic carbocycles. The van der Waals surface area contributed by atoms with Gasteiger partial charge in [0, 0.05) is 12.1 Å². The van der Waals surface area contributed by atoms with Crippen LogP contribution in [0, 0.1) is 11.7 Å². The van der Waals surface area contributed by atoms with Gasteiger partial charge in [-0.15, -0.1) is 0 Å². The van der Waals surface area contributed by atoms with Gasteiger partial charge < -0.3 is 11.1 Å². The number of nitrogens with two attached hydrogens (primary N) is 1. The molecule has 0 radical (unpaired) electrons. The van der Waals surface area contributed by atoms with Crippen molar-refractivity contribution in [1.29, 1.82) is 0 Å². The predicted octanol–water partition coefficient (Wildman–Crippen LogP) is 2.79. The smallest absolute Gasteiger partial charge is 0.224 e. The van der Waals surface area contributed by atoms with Crippen LogP contribution in [0.4, 0.5) is 10.1 Å². The Bertz CT molecular complexity index is 394. The molecule has 17 heavy (non-hydrogen) atoms. The molecule has 5 heteroatoms. The first-order valence-electron chi connectivity index (χ1n) is 5.51. The highest BCUT2D eigenvalue weighted by Gasteiger charge is 2.11. The zero-order chi connectivity index (χ0) is 12.8. The molecule has 0 saturated carbocycles. The Morgan fingerprint density at radius 1 is 1.59 bits per heavy atom. The Hall–Kier alpha value is -1.13. The summed E-state index contributed by atoms with van der Waals surface area (Å²) in [4.78, 5) is 11.6. The Morgan fingerprint density at radius 3 is 2.82 bits per heavy atom. The van der Waals surface area contributed by atoms with Gasteiger partial charge in [0.1, 0.15) is 5.82 Å². The van der Waals surface area contributed by atoms with Crippen LogP contribution < -0.4 is 11.1 Å². The molecule has 0 spiro atoms. The molecule has 0 aliphatic carbocycles. The predicted molar refractivity (Wildman–Crippen MR) is 67.5 cm³/mol. The molecule has 1 rings (SSSR count). The van der Waals surface area contributed by atoms with Gasteiger partial charge in [0.05, 0.1) is 5.02 Å². The van der Waals surface area contributed by atoms with Gasteiger partial charge in [-0.3, -0.25) is 4.79 Å². The van der Waals surface area contributed by atoms with Gasteiger partial charge in [-0.2, -0.15) is 0 Å². The number of carbonyl (C=O) groups excluding carboxylic acids is 1. The molecule has 0 bridgehead atoms. The van der Waals surface area contributed by atoms with E-state index in [0.717, 1.165) is 6.42 Å². The van der Waals surface area contributed by atoms with E-state index < -0.39 is 5.82 Å². The highest BCUT2D eigenvalue weighted by atomic mass is 35.5. The van der Waals surface area contributed by atoms with Crippen molar-refractivity contribution in [1.82, 2.24) is 0 Å². The number of rotatable bonds is 5. The van der Waals surface area contributed by atoms with Crippen LogP contribution in [0.5, 0.6) is 0 Å². The summed E-state index contributed by atoms with van der Waals surface area (Å²) in [5, 5.41) is 2.65. The normalized spacial score (nSPS) is 12.2. The molecular formula is C12H16ClFN2O. The molecule has 3 nitrogen and oxygen atoms in total. The molecule has 94 valence electrons. The van der Waals surface area contributed by atoms with Crippen molar-refractivity contribution in [3.05, 3.63) is 29.0 Å². The third-order valence-electron chi connectivity index (χ3n) is 2.59. The summed E-state index contributed by atoms with van der Waals surface area (Å²) in [5.74, 6) is -0.550. The highest BCUT2D eigenvalue weighted by Crippen LogP contribution is 2.19. The van der Waals surface area contributed by atoms with Crippen molar-refractivity contribution in [2.24, 2.45) is 11.7 Å². The fourth-order valence-electron chi connectivity index (χ4n) is 1.44. The van der Waals surface area contributed by atoms with Crippen LogP contribution in [0.15, 0.2) is 18.2 Å². The van der Waals surface area contributed by atoms with E-state index in [9.17, 15) is 9.18 Å². The average Bonchev–Trinajstić information content (AvgIpc) is 2.31. The first-order valence-corrected chi connectivity index (χ1v) is 5.89. The number of amides is 1. The monoisotopic (exact) mass is 258 g/mol. The van der Waals surface area contributed by atoms with Crippen molar-refractivity contribution in [3.63, 3.8) is 0 Å². The number of anilines is 1. The zero-order valence-corrected chi connectivity index (χ0v) is 10.4. The van der Waals surface area contributed by atoms with E-state index in [4.69, 9.17) is 17.3 Å². The van der Waals surface area contributed by atoms with Gasteiger partial charge in [0.15, 0.2) is 0 Å². The van der Waals surface area contributed by atoms with Crippen LogP contribution in [0.3, 0.4) is 0 Å². The summed E-state index contributed by atoms with van der Waals surface area (Å²) in [6.45, 7) is 2.45. The molecular weight excluding hydrogens is 243 g/mol. The lowest BCUT2D eigenvalue weighted by Gasteiger charge is -2.12. The lowest BCUT2D eigenvalue weighted by Crippen LogP contribution is -2.21. The minimum absolute atomic E-state index is 0.0383. The molecule has 0 aliphatic heterocycles. The quantitative estimate of drug-likeness (QED) is 0.853. The van der Waals surface area contributed by atoms with Crippen LogP contribution in [0.1, 0.15) is 19.8 Å². The van der Waals surface area contributed by atoms with E-state index in [1.54, 1.807) is 6.07 Å². The fourth-order valence-corrected chi connectivity index (χ4v) is 1.56. The van der Waals surface area contributed by atoms with E-state index in [1.165, 1.54) is 12.1 Å². The lowest BCUT2D eigenvalue weighted by atomic mass is 10.0. The number of nitrogens with one attached hydrogen (secondary N) is 1. The largest absolute Gasteiger partial charge is 0.330 e. The molecule has 0 saturated heterocycles. The van der Waals surface area contributed by atoms with Crippen molar-refractivity contribution in [2.45, 2.75) is 19.8 Å². The zero-order valence-electron chi connectivity index (χ0n) is 9.67. The van der Waals surface area contributed by atoms with Gasteiger partial charge in [-0.05, 0) is 30.7 Å². The minimum Gasteiger partial charge on any atom is -0.330 e. The van der Waals surface area contributed by atoms with E-state index in [0.29, 0.717) is 18.7 Å². The second-order valence-electron chi connectivity index (χ2n) is 3.89. The maximum Gasteiger partial charge on any atom is 0.224 e. The first-order chi connectivity index (χ1) is 8.06. The van der Waals surface area contributed by atoms with Crippen molar-refractivity contribution < 1.29 is 9.18 Å². The summed E-state index contributed by atoms with van der Waals surface area (Å²) >= 11 is 5.54. The van der Waals surface area contributed by atoms with Gasteiger partial charge in [-0.1, -0.05) is 24.9 Å². The van der Waals surface area contributed by atoms with E-state index in [2.05, 4.69) is 5.32 Å². The lowest BCUT2D eigenvalue weighted by molar-refractivity contribution is -0.117. The highest BCUT2D eigenvalue weighted by molar-refractivity contribution is 6.30. The number of hydrogen-bond donors (Lipinski definition) is 2. The third-order valence-corrected chi connectivity index (χ3v) is 2.89. The average molecular weight is 259 g/mol. The summed E-state index contributed by atoms with van der Waals surface area (Å²) in [6.07, 6.45) is 1.19. The van der Waals surface area contributed by atoms with Gasteiger partial charge in [0.25, 0.3) is 0 Å². The molecule has 1 aromatic rings. The summed E-state index contributed by atoms with van der Waals surface area (Å²) in [6, 6.07) is 4.17. The Balaban J connectivity index is 2.58. The van der Waals surface area contributed by atoms with Crippen LogP contribution in [-0.4, -0.2) is 12.5 Å². The van der Waals surface area contributed by atoms with Gasteiger partial charge in [-0.25, -0.2) is 4.39 Å². The van der Waals surface area contributed by atoms with E-state index in [1.807, 2.05) is 6.92 Å². The maximum absolute atomic E-state index is 13.1. The van der Waals surface area contributed by atoms with Crippen LogP contribution >= 0.6 is 11.6 Å². The second kappa shape index (κ2) is 6.57. The maximum atomic E-state index is 13.1. The molecule has 1 atom stereocenters. The molecule has 1 amide bonds. The number of benzene rings is 1. The summed E-state index contributed by atoms with van der Waals surface area (Å²) < 4.78 is 13.1. The summed E-state index contributed by atoms with van der Waals surface area (Å²) in [5.41, 5.74) is 5.92. The number of carbonyl (C=O) groups is 1. The molecule has 3 N–H and O–H groups in total. The minimum atomic E-state index is -0.546. The Morgan fingerprint density at radius 2 is 2.29 bits per heavy atom. The molecule has 1 unspecified atom stereocenters. The number of halogens is 2. The van der Waals surface area contributed by atoms with Crippen LogP contribution in [0.25, 0.3) is 0 Å². The van der Waals surface area contributed by atoms with E-state index in [-0.39, 0.29) is 16.8 Å².